The Balaban J connectivity index is 1.40. The molecule has 1 spiro atoms. The lowest BCUT2D eigenvalue weighted by Crippen LogP contribution is -2.64. The quantitative estimate of drug-likeness (QED) is 0.338. The normalized spacial score (nSPS) is 33.7. The molecule has 244 valence electrons. The zero-order chi connectivity index (χ0) is 31.9. The van der Waals surface area contributed by atoms with Gasteiger partial charge < -0.3 is 42.4 Å². The van der Waals surface area contributed by atoms with Crippen molar-refractivity contribution in [1.29, 1.82) is 0 Å². The summed E-state index contributed by atoms with van der Waals surface area (Å²) in [4.78, 5) is 13.8. The van der Waals surface area contributed by atoms with E-state index < -0.39 is 54.6 Å². The summed E-state index contributed by atoms with van der Waals surface area (Å²) in [5.41, 5.74) is 2.11. The first-order valence-electron chi connectivity index (χ1n) is 16.2. The highest BCUT2D eigenvalue weighted by Gasteiger charge is 2.84. The van der Waals surface area contributed by atoms with Crippen LogP contribution in [0.25, 0.3) is 10.8 Å². The van der Waals surface area contributed by atoms with E-state index in [9.17, 15) is 9.90 Å². The van der Waals surface area contributed by atoms with Crippen LogP contribution in [0.4, 0.5) is 0 Å². The Morgan fingerprint density at radius 3 is 2.27 bits per heavy atom. The number of aryl methyl sites for hydroxylation is 1. The molecule has 0 radical (unpaired) electrons. The zero-order valence-corrected chi connectivity index (χ0v) is 28.5. The molecule has 5 atom stereocenters. The number of aliphatic hydroxyl groups excluding tert-OH is 1. The molecule has 11 heteroatoms. The van der Waals surface area contributed by atoms with Gasteiger partial charge >= 0.3 is 8.56 Å². The Labute approximate surface area is 264 Å². The fourth-order valence-corrected chi connectivity index (χ4v) is 13.3. The van der Waals surface area contributed by atoms with Crippen LogP contribution in [0.2, 0.25) is 10.1 Å². The first-order valence-corrected chi connectivity index (χ1v) is 18.0. The second kappa shape index (κ2) is 9.43. The first-order chi connectivity index (χ1) is 21.2. The molecule has 45 heavy (non-hydrogen) atoms. The fourth-order valence-electron chi connectivity index (χ4n) is 8.81. The van der Waals surface area contributed by atoms with E-state index >= 15 is 0 Å². The smallest absolute Gasteiger partial charge is 0.471 e. The standard InChI is InChI=1S/C34H44O10Si/c1-17-15-19-23-25(21(17)27-28-29(36)33(16-40-33)34(41-27,42-28)30-38-13-10-14-39-30)43-45(31(2,3)4,32(5,6)7)44-26(23)22-18(24(19)37-8)11-9-12-20(22)35/h15,27-30,36H,9-14,16H2,1-8H3/t27-,28-,29+,33-,34-/m0/s1. The number of epoxide rings is 1. The van der Waals surface area contributed by atoms with E-state index in [0.717, 1.165) is 41.3 Å². The van der Waals surface area contributed by atoms with Crippen LogP contribution in [0.3, 0.4) is 0 Å². The number of carbonyl (C=O) groups is 1. The molecule has 5 heterocycles. The third kappa shape index (κ3) is 3.69. The van der Waals surface area contributed by atoms with Crippen molar-refractivity contribution in [3.8, 4) is 17.2 Å². The number of fused-ring (bicyclic) bond motifs is 5. The average molecular weight is 641 g/mol. The van der Waals surface area contributed by atoms with E-state index in [1.54, 1.807) is 7.11 Å². The molecule has 6 aliphatic rings. The highest BCUT2D eigenvalue weighted by molar-refractivity contribution is 6.75. The molecule has 0 aromatic heterocycles. The van der Waals surface area contributed by atoms with Crippen LogP contribution in [0.15, 0.2) is 6.07 Å². The van der Waals surface area contributed by atoms with Gasteiger partial charge in [-0.15, -0.1) is 0 Å². The minimum absolute atomic E-state index is 0.0560. The predicted octanol–water partition coefficient (Wildman–Crippen LogP) is 5.55. The number of benzene rings is 2. The Morgan fingerprint density at radius 2 is 1.64 bits per heavy atom. The highest BCUT2D eigenvalue weighted by atomic mass is 28.4. The molecule has 8 rings (SSSR count). The van der Waals surface area contributed by atoms with Gasteiger partial charge in [-0.2, -0.15) is 0 Å². The third-order valence-electron chi connectivity index (χ3n) is 10.7. The summed E-state index contributed by atoms with van der Waals surface area (Å²) in [6, 6.07) is 2.07. The summed E-state index contributed by atoms with van der Waals surface area (Å²) in [5, 5.41) is 12.5. The molecular formula is C34H44O10Si. The molecule has 0 amide bonds. The molecular weight excluding hydrogens is 596 g/mol. The zero-order valence-electron chi connectivity index (χ0n) is 27.5. The van der Waals surface area contributed by atoms with Gasteiger partial charge in [0, 0.05) is 33.0 Å². The Bertz CT molecular complexity index is 1600. The maximum Gasteiger partial charge on any atom is 0.471 e. The maximum atomic E-state index is 13.8. The van der Waals surface area contributed by atoms with Gasteiger partial charge in [-0.3, -0.25) is 4.79 Å². The van der Waals surface area contributed by atoms with E-state index in [1.807, 2.05) is 6.92 Å². The van der Waals surface area contributed by atoms with Crippen LogP contribution in [0.5, 0.6) is 17.2 Å². The Hall–Kier alpha value is -2.25. The van der Waals surface area contributed by atoms with Gasteiger partial charge in [-0.1, -0.05) is 41.5 Å². The van der Waals surface area contributed by atoms with E-state index in [2.05, 4.69) is 47.6 Å². The van der Waals surface area contributed by atoms with E-state index in [-0.39, 0.29) is 12.4 Å². The molecule has 2 aromatic carbocycles. The second-order valence-corrected chi connectivity index (χ2v) is 20.2. The number of rotatable bonds is 3. The molecule has 0 saturated carbocycles. The molecule has 0 unspecified atom stereocenters. The SMILES string of the molecule is COc1c2c(c3c4c(c([C@@H]5O[C@@]6(C7OCCCO7)O[C@@H]5[C@@H](O)[C@@]65CO5)c(C)cc14)O[Si](C(C)(C)C)(C(C)(C)C)O3)C(=O)CCC2. The van der Waals surface area contributed by atoms with Crippen molar-refractivity contribution in [1.82, 2.24) is 0 Å². The molecule has 4 fully saturated rings. The summed E-state index contributed by atoms with van der Waals surface area (Å²) in [6.45, 7) is 16.2. The minimum atomic E-state index is -3.26. The van der Waals surface area contributed by atoms with Crippen LogP contribution >= 0.6 is 0 Å². The largest absolute Gasteiger partial charge is 0.510 e. The number of hydrogen-bond donors (Lipinski definition) is 1. The van der Waals surface area contributed by atoms with Gasteiger partial charge in [0.05, 0.1) is 37.9 Å². The van der Waals surface area contributed by atoms with E-state index in [4.69, 9.17) is 37.3 Å². The fraction of sp³-hybridized carbons (Fsp3) is 0.676. The van der Waals surface area contributed by atoms with Crippen molar-refractivity contribution in [3.63, 3.8) is 0 Å². The molecule has 10 nitrogen and oxygen atoms in total. The average Bonchev–Trinajstić information content (AvgIpc) is 3.64. The van der Waals surface area contributed by atoms with Crippen LogP contribution in [-0.2, 0) is 30.1 Å². The summed E-state index contributed by atoms with van der Waals surface area (Å²) >= 11 is 0. The molecule has 5 aliphatic heterocycles. The van der Waals surface area contributed by atoms with Crippen LogP contribution in [-0.4, -0.2) is 76.3 Å². The number of aliphatic hydroxyl groups is 1. The summed E-state index contributed by atoms with van der Waals surface area (Å²) in [5.74, 6) is 0.500. The lowest BCUT2D eigenvalue weighted by molar-refractivity contribution is -0.347. The number of Topliss-reactive ketones (excluding diaryl/α,β-unsaturated/α-hetero) is 1. The molecule has 1 N–H and O–H groups in total. The van der Waals surface area contributed by atoms with Crippen LogP contribution in [0.1, 0.15) is 94.0 Å². The summed E-state index contributed by atoms with van der Waals surface area (Å²) in [6.07, 6.45) is -0.601. The lowest BCUT2D eigenvalue weighted by atomic mass is 9.82. The number of carbonyl (C=O) groups excluding carboxylic acids is 1. The van der Waals surface area contributed by atoms with Crippen molar-refractivity contribution < 1.29 is 47.2 Å². The van der Waals surface area contributed by atoms with Crippen molar-refractivity contribution in [2.75, 3.05) is 26.9 Å². The first kappa shape index (κ1) is 30.1. The van der Waals surface area contributed by atoms with Crippen molar-refractivity contribution >= 4 is 25.1 Å². The third-order valence-corrected chi connectivity index (χ3v) is 15.7. The van der Waals surface area contributed by atoms with Gasteiger partial charge in [-0.25, -0.2) is 0 Å². The monoisotopic (exact) mass is 640 g/mol. The van der Waals surface area contributed by atoms with Gasteiger partial charge in [0.25, 0.3) is 5.79 Å². The Kier molecular flexibility index (Phi) is 6.31. The minimum Gasteiger partial charge on any atom is -0.510 e. The van der Waals surface area contributed by atoms with Gasteiger partial charge in [0.1, 0.15) is 35.6 Å². The molecule has 2 bridgehead atoms. The molecule has 1 aliphatic carbocycles. The topological polar surface area (TPSA) is 114 Å². The van der Waals surface area contributed by atoms with Crippen LogP contribution in [0, 0.1) is 6.92 Å². The summed E-state index contributed by atoms with van der Waals surface area (Å²) < 4.78 is 52.2. The number of hydrogen-bond acceptors (Lipinski definition) is 10. The predicted molar refractivity (Wildman–Crippen MR) is 165 cm³/mol. The summed E-state index contributed by atoms with van der Waals surface area (Å²) in [7, 11) is -1.61. The number of ketones is 1. The Morgan fingerprint density at radius 1 is 0.978 bits per heavy atom. The van der Waals surface area contributed by atoms with Crippen molar-refractivity contribution in [2.24, 2.45) is 0 Å². The van der Waals surface area contributed by atoms with Gasteiger partial charge in [0.15, 0.2) is 11.4 Å². The number of methoxy groups -OCH3 is 1. The van der Waals surface area contributed by atoms with E-state index in [0.29, 0.717) is 47.8 Å². The van der Waals surface area contributed by atoms with Crippen molar-refractivity contribution in [2.45, 2.75) is 120 Å². The van der Waals surface area contributed by atoms with Gasteiger partial charge in [-0.05, 0) is 37.8 Å². The molecule has 4 saturated heterocycles. The highest BCUT2D eigenvalue weighted by Crippen LogP contribution is 2.66. The lowest BCUT2D eigenvalue weighted by Gasteiger charge is -2.51. The van der Waals surface area contributed by atoms with E-state index in [1.165, 1.54) is 0 Å². The number of ether oxygens (including phenoxy) is 6. The van der Waals surface area contributed by atoms with Crippen molar-refractivity contribution in [3.05, 3.63) is 28.3 Å². The second-order valence-electron chi connectivity index (χ2n) is 15.5. The van der Waals surface area contributed by atoms with Crippen LogP contribution < -0.4 is 13.6 Å². The van der Waals surface area contributed by atoms with Gasteiger partial charge in [0.2, 0.25) is 6.29 Å². The molecule has 2 aromatic rings. The maximum absolute atomic E-state index is 13.8.